The lowest BCUT2D eigenvalue weighted by atomic mass is 10.1. The third-order valence-corrected chi connectivity index (χ3v) is 5.28. The molecule has 0 aliphatic rings. The number of carbonyl (C=O) groups excluding carboxylic acids is 2. The van der Waals surface area contributed by atoms with E-state index in [1.807, 2.05) is 0 Å². The van der Waals surface area contributed by atoms with Crippen LogP contribution in [0.25, 0.3) is 10.9 Å². The van der Waals surface area contributed by atoms with E-state index in [9.17, 15) is 19.1 Å². The van der Waals surface area contributed by atoms with Crippen molar-refractivity contribution < 1.29 is 19.1 Å². The van der Waals surface area contributed by atoms with E-state index < -0.39 is 17.5 Å². The molecular formula is C22H14Cl2FN3O3. The molecule has 0 saturated heterocycles. The Labute approximate surface area is 185 Å². The molecule has 0 spiro atoms. The predicted molar refractivity (Wildman–Crippen MR) is 116 cm³/mol. The zero-order chi connectivity index (χ0) is 22.1. The maximum Gasteiger partial charge on any atom is 0.296 e. The van der Waals surface area contributed by atoms with Crippen molar-refractivity contribution in [3.05, 3.63) is 88.0 Å². The van der Waals surface area contributed by atoms with Gasteiger partial charge in [-0.25, -0.2) is 4.39 Å². The minimum atomic E-state index is -0.969. The first kappa shape index (κ1) is 20.8. The standard InChI is InChI=1S/C22H14Cl2FN3O3/c23-16-8-26-9-17(24)20(16)27-22(31)21(30)15-11-28(10-12-3-1-2-4-18(12)25)19-6-5-13(29)7-14(15)19/h1-9,11,29H,10H2,(H,26,27,31). The first-order valence-electron chi connectivity index (χ1n) is 9.05. The molecule has 2 heterocycles. The number of hydrogen-bond acceptors (Lipinski definition) is 4. The average Bonchev–Trinajstić information content (AvgIpc) is 3.09. The number of benzene rings is 2. The summed E-state index contributed by atoms with van der Waals surface area (Å²) in [5.41, 5.74) is 1.07. The second-order valence-electron chi connectivity index (χ2n) is 6.72. The van der Waals surface area contributed by atoms with Gasteiger partial charge in [0.25, 0.3) is 11.7 Å². The zero-order valence-electron chi connectivity index (χ0n) is 15.8. The van der Waals surface area contributed by atoms with Gasteiger partial charge in [-0.3, -0.25) is 14.6 Å². The normalized spacial score (nSPS) is 10.9. The Morgan fingerprint density at radius 1 is 1.10 bits per heavy atom. The number of ketones is 1. The third kappa shape index (κ3) is 4.10. The number of anilines is 1. The van der Waals surface area contributed by atoms with Crippen LogP contribution in [0.2, 0.25) is 10.0 Å². The molecule has 2 N–H and O–H groups in total. The van der Waals surface area contributed by atoms with Crippen molar-refractivity contribution in [2.24, 2.45) is 0 Å². The molecule has 0 radical (unpaired) electrons. The number of Topliss-reactive ketones (excluding diaryl/α,β-unsaturated/α-hetero) is 1. The smallest absolute Gasteiger partial charge is 0.296 e. The lowest BCUT2D eigenvalue weighted by molar-refractivity contribution is -0.112. The molecule has 0 aliphatic carbocycles. The number of halogens is 3. The number of aromatic nitrogens is 2. The van der Waals surface area contributed by atoms with Gasteiger partial charge in [-0.1, -0.05) is 41.4 Å². The number of phenols is 1. The fourth-order valence-corrected chi connectivity index (χ4v) is 3.69. The summed E-state index contributed by atoms with van der Waals surface area (Å²) in [7, 11) is 0. The second kappa shape index (κ2) is 8.37. The minimum Gasteiger partial charge on any atom is -0.508 e. The van der Waals surface area contributed by atoms with Gasteiger partial charge in [-0.2, -0.15) is 0 Å². The van der Waals surface area contributed by atoms with Crippen LogP contribution in [-0.2, 0) is 11.3 Å². The maximum absolute atomic E-state index is 14.1. The SMILES string of the molecule is O=C(Nc1c(Cl)cncc1Cl)C(=O)c1cn(Cc2ccccc2F)c2ccc(O)cc12. The molecule has 0 fully saturated rings. The van der Waals surface area contributed by atoms with Gasteiger partial charge in [-0.15, -0.1) is 0 Å². The molecule has 0 atom stereocenters. The summed E-state index contributed by atoms with van der Waals surface area (Å²) in [6.45, 7) is 0.130. The van der Waals surface area contributed by atoms with Crippen molar-refractivity contribution in [3.8, 4) is 5.75 Å². The Hall–Kier alpha value is -3.42. The lowest BCUT2D eigenvalue weighted by Crippen LogP contribution is -2.23. The molecule has 2 aromatic carbocycles. The zero-order valence-corrected chi connectivity index (χ0v) is 17.3. The summed E-state index contributed by atoms with van der Waals surface area (Å²) in [5.74, 6) is -2.31. The van der Waals surface area contributed by atoms with Crippen LogP contribution >= 0.6 is 23.2 Å². The maximum atomic E-state index is 14.1. The van der Waals surface area contributed by atoms with Gasteiger partial charge in [-0.05, 0) is 24.3 Å². The molecule has 0 unspecified atom stereocenters. The number of nitrogens with zero attached hydrogens (tertiary/aromatic N) is 2. The van der Waals surface area contributed by atoms with E-state index in [0.29, 0.717) is 16.5 Å². The van der Waals surface area contributed by atoms with Crippen LogP contribution < -0.4 is 5.32 Å². The molecule has 0 saturated carbocycles. The molecule has 0 aliphatic heterocycles. The van der Waals surface area contributed by atoms with Crippen molar-refractivity contribution in [2.75, 3.05) is 5.32 Å². The number of carbonyl (C=O) groups is 2. The second-order valence-corrected chi connectivity index (χ2v) is 7.54. The number of aromatic hydroxyl groups is 1. The van der Waals surface area contributed by atoms with Gasteiger partial charge < -0.3 is 15.0 Å². The summed E-state index contributed by atoms with van der Waals surface area (Å²) in [6.07, 6.45) is 4.02. The molecule has 31 heavy (non-hydrogen) atoms. The molecule has 1 amide bonds. The lowest BCUT2D eigenvalue weighted by Gasteiger charge is -2.07. The fourth-order valence-electron chi connectivity index (χ4n) is 3.23. The Balaban J connectivity index is 1.73. The highest BCUT2D eigenvalue weighted by atomic mass is 35.5. The Morgan fingerprint density at radius 2 is 1.81 bits per heavy atom. The van der Waals surface area contributed by atoms with E-state index in [0.717, 1.165) is 0 Å². The van der Waals surface area contributed by atoms with Gasteiger partial charge >= 0.3 is 0 Å². The Kier molecular flexibility index (Phi) is 5.63. The van der Waals surface area contributed by atoms with Crippen LogP contribution in [0, 0.1) is 5.82 Å². The van der Waals surface area contributed by atoms with E-state index in [-0.39, 0.29) is 33.6 Å². The molecular weight excluding hydrogens is 444 g/mol. The van der Waals surface area contributed by atoms with Crippen molar-refractivity contribution in [1.82, 2.24) is 9.55 Å². The number of nitrogens with one attached hydrogen (secondary N) is 1. The Bertz CT molecular complexity index is 1320. The first-order valence-corrected chi connectivity index (χ1v) is 9.80. The third-order valence-electron chi connectivity index (χ3n) is 4.71. The number of amides is 1. The summed E-state index contributed by atoms with van der Waals surface area (Å²) in [6, 6.07) is 10.7. The highest BCUT2D eigenvalue weighted by Gasteiger charge is 2.24. The van der Waals surface area contributed by atoms with Gasteiger partial charge in [0.15, 0.2) is 0 Å². The van der Waals surface area contributed by atoms with E-state index in [1.165, 1.54) is 36.8 Å². The monoisotopic (exact) mass is 457 g/mol. The highest BCUT2D eigenvalue weighted by molar-refractivity contribution is 6.50. The Morgan fingerprint density at radius 3 is 2.52 bits per heavy atom. The average molecular weight is 458 g/mol. The largest absolute Gasteiger partial charge is 0.508 e. The highest BCUT2D eigenvalue weighted by Crippen LogP contribution is 2.30. The molecule has 0 bridgehead atoms. The van der Waals surface area contributed by atoms with Crippen LogP contribution in [0.1, 0.15) is 15.9 Å². The topological polar surface area (TPSA) is 84.2 Å². The predicted octanol–water partition coefficient (Wildman–Crippen LogP) is 5.06. The van der Waals surface area contributed by atoms with E-state index in [4.69, 9.17) is 23.2 Å². The number of pyridine rings is 1. The summed E-state index contributed by atoms with van der Waals surface area (Å²) in [4.78, 5) is 29.4. The molecule has 2 aromatic heterocycles. The molecule has 6 nitrogen and oxygen atoms in total. The van der Waals surface area contributed by atoms with Crippen molar-refractivity contribution >= 4 is 51.5 Å². The van der Waals surface area contributed by atoms with Crippen LogP contribution in [-0.4, -0.2) is 26.3 Å². The fraction of sp³-hybridized carbons (Fsp3) is 0.0455. The first-order chi connectivity index (χ1) is 14.8. The van der Waals surface area contributed by atoms with Gasteiger partial charge in [0.2, 0.25) is 0 Å². The van der Waals surface area contributed by atoms with Gasteiger partial charge in [0, 0.05) is 35.1 Å². The van der Waals surface area contributed by atoms with Crippen LogP contribution in [0.15, 0.2) is 61.1 Å². The number of rotatable bonds is 5. The number of hydrogen-bond donors (Lipinski definition) is 2. The van der Waals surface area contributed by atoms with Crippen molar-refractivity contribution in [2.45, 2.75) is 6.54 Å². The number of phenolic OH excluding ortho intramolecular Hbond substituents is 1. The molecule has 9 heteroatoms. The molecule has 4 rings (SSSR count). The quantitative estimate of drug-likeness (QED) is 0.324. The molecule has 156 valence electrons. The molecule has 4 aromatic rings. The minimum absolute atomic E-state index is 0.0426. The van der Waals surface area contributed by atoms with Crippen molar-refractivity contribution in [3.63, 3.8) is 0 Å². The van der Waals surface area contributed by atoms with Gasteiger partial charge in [0.1, 0.15) is 11.6 Å². The van der Waals surface area contributed by atoms with Crippen LogP contribution in [0.3, 0.4) is 0 Å². The van der Waals surface area contributed by atoms with Gasteiger partial charge in [0.05, 0.1) is 27.8 Å². The summed E-state index contributed by atoms with van der Waals surface area (Å²) < 4.78 is 15.8. The summed E-state index contributed by atoms with van der Waals surface area (Å²) in [5, 5.41) is 12.8. The number of fused-ring (bicyclic) bond motifs is 1. The van der Waals surface area contributed by atoms with Crippen LogP contribution in [0.5, 0.6) is 5.75 Å². The van der Waals surface area contributed by atoms with Crippen LogP contribution in [0.4, 0.5) is 10.1 Å². The summed E-state index contributed by atoms with van der Waals surface area (Å²) >= 11 is 12.0. The van der Waals surface area contributed by atoms with E-state index in [1.54, 1.807) is 28.8 Å². The van der Waals surface area contributed by atoms with Crippen molar-refractivity contribution in [1.29, 1.82) is 0 Å². The van der Waals surface area contributed by atoms with E-state index in [2.05, 4.69) is 10.3 Å². The van der Waals surface area contributed by atoms with E-state index >= 15 is 0 Å².